The van der Waals surface area contributed by atoms with E-state index >= 15 is 0 Å². The molecule has 2 aromatic carbocycles. The Balaban J connectivity index is 1.51. The van der Waals surface area contributed by atoms with Crippen LogP contribution in [0.3, 0.4) is 0 Å². The molecule has 2 heterocycles. The molecule has 0 saturated heterocycles. The van der Waals surface area contributed by atoms with Crippen LogP contribution in [-0.4, -0.2) is 25.2 Å². The number of rotatable bonds is 5. The summed E-state index contributed by atoms with van der Waals surface area (Å²) in [6.07, 6.45) is 1.72. The standard InChI is InChI=1S/C19H16ClN5OS/c1-12-4-3-5-16(13(12)2)25-19(22-23-24-25)27-11-18-21-10-17(26-18)14-6-8-15(20)9-7-14/h3-10H,11H2,1-2H3. The maximum Gasteiger partial charge on any atom is 0.214 e. The van der Waals surface area contributed by atoms with Crippen LogP contribution in [0.4, 0.5) is 0 Å². The average molecular weight is 398 g/mol. The van der Waals surface area contributed by atoms with Crippen molar-refractivity contribution in [2.45, 2.75) is 24.8 Å². The fourth-order valence-corrected chi connectivity index (χ4v) is 3.50. The van der Waals surface area contributed by atoms with E-state index in [0.29, 0.717) is 27.6 Å². The lowest BCUT2D eigenvalue weighted by Gasteiger charge is -2.09. The lowest BCUT2D eigenvalue weighted by molar-refractivity contribution is 0.529. The Morgan fingerprint density at radius 2 is 1.93 bits per heavy atom. The van der Waals surface area contributed by atoms with Gasteiger partial charge >= 0.3 is 0 Å². The summed E-state index contributed by atoms with van der Waals surface area (Å²) < 4.78 is 7.59. The number of nitrogens with zero attached hydrogens (tertiary/aromatic N) is 5. The van der Waals surface area contributed by atoms with E-state index in [0.717, 1.165) is 16.8 Å². The highest BCUT2D eigenvalue weighted by Gasteiger charge is 2.14. The van der Waals surface area contributed by atoms with E-state index in [4.69, 9.17) is 16.0 Å². The molecule has 6 nitrogen and oxygen atoms in total. The zero-order valence-electron chi connectivity index (χ0n) is 14.8. The fraction of sp³-hybridized carbons (Fsp3) is 0.158. The van der Waals surface area contributed by atoms with Crippen molar-refractivity contribution in [3.8, 4) is 17.0 Å². The third kappa shape index (κ3) is 3.74. The Bertz CT molecular complexity index is 1070. The first-order valence-corrected chi connectivity index (χ1v) is 9.66. The Morgan fingerprint density at radius 1 is 1.11 bits per heavy atom. The molecule has 0 N–H and O–H groups in total. The summed E-state index contributed by atoms with van der Waals surface area (Å²) in [6, 6.07) is 13.5. The van der Waals surface area contributed by atoms with Crippen molar-refractivity contribution in [2.75, 3.05) is 0 Å². The van der Waals surface area contributed by atoms with E-state index < -0.39 is 0 Å². The number of benzene rings is 2. The van der Waals surface area contributed by atoms with Crippen LogP contribution >= 0.6 is 23.4 Å². The van der Waals surface area contributed by atoms with Gasteiger partial charge in [-0.2, -0.15) is 4.68 Å². The van der Waals surface area contributed by atoms with Gasteiger partial charge < -0.3 is 4.42 Å². The van der Waals surface area contributed by atoms with Crippen molar-refractivity contribution in [3.63, 3.8) is 0 Å². The molecule has 0 aliphatic rings. The van der Waals surface area contributed by atoms with Gasteiger partial charge in [-0.05, 0) is 65.7 Å². The predicted octanol–water partition coefficient (Wildman–Crippen LogP) is 4.88. The Labute approximate surface area is 165 Å². The minimum absolute atomic E-state index is 0.527. The highest BCUT2D eigenvalue weighted by molar-refractivity contribution is 7.98. The van der Waals surface area contributed by atoms with Crippen LogP contribution in [0.15, 0.2) is 58.2 Å². The summed E-state index contributed by atoms with van der Waals surface area (Å²) in [7, 11) is 0. The van der Waals surface area contributed by atoms with Crippen molar-refractivity contribution < 1.29 is 4.42 Å². The molecule has 0 aliphatic heterocycles. The molecule has 4 rings (SSSR count). The SMILES string of the molecule is Cc1cccc(-n2nnnc2SCc2ncc(-c3ccc(Cl)cc3)o2)c1C. The maximum atomic E-state index is 5.93. The second-order valence-corrected chi connectivity index (χ2v) is 7.39. The number of hydrogen-bond donors (Lipinski definition) is 0. The largest absolute Gasteiger partial charge is 0.440 e. The van der Waals surface area contributed by atoms with Gasteiger partial charge in [-0.1, -0.05) is 35.5 Å². The van der Waals surface area contributed by atoms with Crippen LogP contribution in [0, 0.1) is 13.8 Å². The number of halogens is 1. The number of oxazole rings is 1. The molecule has 0 unspecified atom stereocenters. The predicted molar refractivity (Wildman–Crippen MR) is 105 cm³/mol. The first-order chi connectivity index (χ1) is 13.1. The smallest absolute Gasteiger partial charge is 0.214 e. The first-order valence-electron chi connectivity index (χ1n) is 8.30. The van der Waals surface area contributed by atoms with E-state index in [-0.39, 0.29) is 0 Å². The number of tetrazole rings is 1. The summed E-state index contributed by atoms with van der Waals surface area (Å²) in [5.74, 6) is 1.84. The molecule has 0 bridgehead atoms. The molecule has 0 fully saturated rings. The van der Waals surface area contributed by atoms with Gasteiger partial charge in [0.2, 0.25) is 11.0 Å². The van der Waals surface area contributed by atoms with Crippen LogP contribution in [0.5, 0.6) is 0 Å². The van der Waals surface area contributed by atoms with Gasteiger partial charge in [0.15, 0.2) is 5.76 Å². The van der Waals surface area contributed by atoms with Crippen molar-refractivity contribution >= 4 is 23.4 Å². The summed E-state index contributed by atoms with van der Waals surface area (Å²) in [5.41, 5.74) is 4.24. The van der Waals surface area contributed by atoms with Gasteiger partial charge in [-0.15, -0.1) is 5.10 Å². The molecule has 0 aliphatic carbocycles. The van der Waals surface area contributed by atoms with Gasteiger partial charge in [0, 0.05) is 10.6 Å². The Morgan fingerprint density at radius 3 is 2.74 bits per heavy atom. The lowest BCUT2D eigenvalue weighted by atomic mass is 10.1. The molecule has 0 spiro atoms. The number of hydrogen-bond acceptors (Lipinski definition) is 6. The minimum Gasteiger partial charge on any atom is -0.440 e. The second kappa shape index (κ2) is 7.54. The Kier molecular flexibility index (Phi) is 4.96. The van der Waals surface area contributed by atoms with E-state index in [9.17, 15) is 0 Å². The molecular weight excluding hydrogens is 382 g/mol. The van der Waals surface area contributed by atoms with Crippen LogP contribution in [0.25, 0.3) is 17.0 Å². The number of aromatic nitrogens is 5. The maximum absolute atomic E-state index is 5.93. The van der Waals surface area contributed by atoms with Gasteiger partial charge in [0.05, 0.1) is 17.6 Å². The van der Waals surface area contributed by atoms with Crippen molar-refractivity contribution in [1.82, 2.24) is 25.2 Å². The second-order valence-electron chi connectivity index (χ2n) is 6.01. The molecule has 0 atom stereocenters. The van der Waals surface area contributed by atoms with Crippen LogP contribution < -0.4 is 0 Å². The van der Waals surface area contributed by atoms with Crippen LogP contribution in [0.1, 0.15) is 17.0 Å². The molecule has 0 saturated carbocycles. The van der Waals surface area contributed by atoms with E-state index in [1.165, 1.54) is 17.3 Å². The fourth-order valence-electron chi connectivity index (χ4n) is 2.64. The summed E-state index contributed by atoms with van der Waals surface area (Å²) in [5, 5.41) is 13.5. The molecule has 4 aromatic rings. The zero-order valence-corrected chi connectivity index (χ0v) is 16.3. The van der Waals surface area contributed by atoms with Gasteiger partial charge in [-0.25, -0.2) is 4.98 Å². The summed E-state index contributed by atoms with van der Waals surface area (Å²) in [6.45, 7) is 4.13. The summed E-state index contributed by atoms with van der Waals surface area (Å²) in [4.78, 5) is 4.35. The van der Waals surface area contributed by atoms with Crippen molar-refractivity contribution in [2.24, 2.45) is 0 Å². The zero-order chi connectivity index (χ0) is 18.8. The molecule has 8 heteroatoms. The van der Waals surface area contributed by atoms with Gasteiger partial charge in [-0.3, -0.25) is 0 Å². The quantitative estimate of drug-likeness (QED) is 0.447. The first kappa shape index (κ1) is 17.8. The molecule has 0 amide bonds. The molecular formula is C19H16ClN5OS. The topological polar surface area (TPSA) is 69.6 Å². The van der Waals surface area contributed by atoms with E-state index in [1.54, 1.807) is 10.9 Å². The highest BCUT2D eigenvalue weighted by Crippen LogP contribution is 2.27. The number of thioether (sulfide) groups is 1. The van der Waals surface area contributed by atoms with E-state index in [2.05, 4.69) is 40.4 Å². The van der Waals surface area contributed by atoms with E-state index in [1.807, 2.05) is 36.4 Å². The van der Waals surface area contributed by atoms with Crippen LogP contribution in [-0.2, 0) is 5.75 Å². The summed E-state index contributed by atoms with van der Waals surface area (Å²) >= 11 is 7.40. The number of aryl methyl sites for hydroxylation is 1. The van der Waals surface area contributed by atoms with Crippen LogP contribution in [0.2, 0.25) is 5.02 Å². The Hall–Kier alpha value is -2.64. The molecule has 27 heavy (non-hydrogen) atoms. The lowest BCUT2D eigenvalue weighted by Crippen LogP contribution is -2.02. The van der Waals surface area contributed by atoms with Gasteiger partial charge in [0.25, 0.3) is 0 Å². The third-order valence-corrected chi connectivity index (χ3v) is 5.41. The minimum atomic E-state index is 0.527. The normalized spacial score (nSPS) is 11.1. The monoisotopic (exact) mass is 397 g/mol. The highest BCUT2D eigenvalue weighted by atomic mass is 35.5. The molecule has 136 valence electrons. The molecule has 0 radical (unpaired) electrons. The van der Waals surface area contributed by atoms with Gasteiger partial charge in [0.1, 0.15) is 0 Å². The third-order valence-electron chi connectivity index (χ3n) is 4.25. The van der Waals surface area contributed by atoms with Crippen molar-refractivity contribution in [3.05, 3.63) is 70.7 Å². The average Bonchev–Trinajstić information content (AvgIpc) is 3.32. The van der Waals surface area contributed by atoms with Crippen molar-refractivity contribution in [1.29, 1.82) is 0 Å². The molecule has 2 aromatic heterocycles.